The minimum Gasteiger partial charge on any atom is -0.322 e. The Bertz CT molecular complexity index is 1950. The number of nitrogens with one attached hydrogen (secondary N) is 2. The summed E-state index contributed by atoms with van der Waals surface area (Å²) in [6.45, 7) is 0.423. The van der Waals surface area contributed by atoms with Crippen LogP contribution in [0.15, 0.2) is 88.0 Å². The van der Waals surface area contributed by atoms with E-state index in [0.717, 1.165) is 0 Å². The highest BCUT2D eigenvalue weighted by atomic mass is 35.5. The van der Waals surface area contributed by atoms with Gasteiger partial charge in [0.2, 0.25) is 20.0 Å². The van der Waals surface area contributed by atoms with E-state index in [0.29, 0.717) is 22.1 Å². The quantitative estimate of drug-likeness (QED) is 0.120. The van der Waals surface area contributed by atoms with Gasteiger partial charge in [-0.2, -0.15) is 8.61 Å². The van der Waals surface area contributed by atoms with Crippen molar-refractivity contribution in [2.75, 3.05) is 60.3 Å². The predicted octanol–water partition coefficient (Wildman–Crippen LogP) is 6.25. The van der Waals surface area contributed by atoms with Gasteiger partial charge in [0.05, 0.1) is 15.5 Å². The Morgan fingerprint density at radius 2 is 1.10 bits per heavy atom. The first-order chi connectivity index (χ1) is 23.4. The summed E-state index contributed by atoms with van der Waals surface area (Å²) in [7, 11) is -7.66. The molecule has 3 aromatic carbocycles. The summed E-state index contributed by atoms with van der Waals surface area (Å²) < 4.78 is 54.1. The molecule has 1 aromatic heterocycles. The Balaban J connectivity index is 1.41. The van der Waals surface area contributed by atoms with Crippen molar-refractivity contribution in [1.29, 1.82) is 0 Å². The second-order valence-electron chi connectivity index (χ2n) is 10.1. The Kier molecular flexibility index (Phi) is 14.3. The number of nitrogens with zero attached hydrogens (tertiary/aromatic N) is 3. The molecule has 0 aliphatic heterocycles. The van der Waals surface area contributed by atoms with Crippen molar-refractivity contribution in [2.24, 2.45) is 0 Å². The van der Waals surface area contributed by atoms with Gasteiger partial charge in [-0.25, -0.2) is 21.8 Å². The molecule has 262 valence electrons. The smallest absolute Gasteiger partial charge is 0.257 e. The van der Waals surface area contributed by atoms with E-state index in [9.17, 15) is 26.4 Å². The van der Waals surface area contributed by atoms with Crippen molar-refractivity contribution < 1.29 is 26.4 Å². The summed E-state index contributed by atoms with van der Waals surface area (Å²) >= 11 is 24.2. The van der Waals surface area contributed by atoms with Crippen LogP contribution in [0.4, 0.5) is 10.8 Å². The number of halogens is 4. The number of benzene rings is 3. The van der Waals surface area contributed by atoms with Crippen LogP contribution in [-0.4, -0.2) is 91.9 Å². The maximum atomic E-state index is 13.0. The van der Waals surface area contributed by atoms with E-state index in [2.05, 4.69) is 15.6 Å². The van der Waals surface area contributed by atoms with E-state index in [-0.39, 0.29) is 70.6 Å². The zero-order valence-corrected chi connectivity index (χ0v) is 31.2. The number of aromatic nitrogens is 1. The van der Waals surface area contributed by atoms with Gasteiger partial charge in [-0.1, -0.05) is 12.1 Å². The standard InChI is InChI=1S/C31H31Cl4N5O6S3/c32-12-16-39(17-13-33)48(43,44)26-8-4-22(5-9-26)29(41)36-25-3-1-2-24(20-25)28-21-47-31(37-28)38-30(42)23-6-10-27(11-7-23)49(45,46)40(18-14-34)19-15-35/h1-11,20-21H,12-19H2,(H,36,41)(H,37,38,42). The third-order valence-electron chi connectivity index (χ3n) is 6.99. The fourth-order valence-corrected chi connectivity index (χ4v) is 9.34. The average molecular weight is 808 g/mol. The molecule has 4 aromatic rings. The molecule has 0 spiro atoms. The van der Waals surface area contributed by atoms with E-state index in [1.54, 1.807) is 29.6 Å². The number of alkyl halides is 4. The summed E-state index contributed by atoms with van der Waals surface area (Å²) in [6.07, 6.45) is 0. The van der Waals surface area contributed by atoms with E-state index < -0.39 is 31.9 Å². The van der Waals surface area contributed by atoms with E-state index >= 15 is 0 Å². The monoisotopic (exact) mass is 805 g/mol. The minimum atomic E-state index is -3.83. The molecule has 0 bridgehead atoms. The summed E-state index contributed by atoms with van der Waals surface area (Å²) in [5, 5.41) is 7.57. The number of thiazole rings is 1. The molecular weight excluding hydrogens is 776 g/mol. The zero-order valence-electron chi connectivity index (χ0n) is 25.7. The molecule has 0 saturated carbocycles. The molecule has 1 heterocycles. The van der Waals surface area contributed by atoms with Crippen LogP contribution in [0.25, 0.3) is 11.3 Å². The van der Waals surface area contributed by atoms with Gasteiger partial charge < -0.3 is 5.32 Å². The Labute approximate surface area is 309 Å². The first-order valence-corrected chi connectivity index (χ1v) is 20.5. The molecule has 0 fully saturated rings. The van der Waals surface area contributed by atoms with Gasteiger partial charge in [-0.3, -0.25) is 14.9 Å². The van der Waals surface area contributed by atoms with Crippen molar-refractivity contribution in [3.05, 3.63) is 89.3 Å². The van der Waals surface area contributed by atoms with Gasteiger partial charge in [0.25, 0.3) is 11.8 Å². The maximum absolute atomic E-state index is 13.0. The molecule has 49 heavy (non-hydrogen) atoms. The highest BCUT2D eigenvalue weighted by molar-refractivity contribution is 7.89. The fraction of sp³-hybridized carbons (Fsp3) is 0.258. The lowest BCUT2D eigenvalue weighted by Crippen LogP contribution is -2.34. The van der Waals surface area contributed by atoms with Crippen molar-refractivity contribution in [3.8, 4) is 11.3 Å². The van der Waals surface area contributed by atoms with Crippen molar-refractivity contribution in [3.63, 3.8) is 0 Å². The molecule has 18 heteroatoms. The molecule has 0 aliphatic rings. The van der Waals surface area contributed by atoms with E-state index in [4.69, 9.17) is 46.4 Å². The number of anilines is 2. The largest absolute Gasteiger partial charge is 0.322 e. The van der Waals surface area contributed by atoms with E-state index in [1.807, 2.05) is 0 Å². The lowest BCUT2D eigenvalue weighted by molar-refractivity contribution is 0.101. The normalized spacial score (nSPS) is 12.0. The average Bonchev–Trinajstić information content (AvgIpc) is 3.56. The van der Waals surface area contributed by atoms with Crippen LogP contribution in [0.5, 0.6) is 0 Å². The van der Waals surface area contributed by atoms with Gasteiger partial charge in [0.15, 0.2) is 5.13 Å². The number of carbonyl (C=O) groups is 2. The Hall–Kier alpha value is -2.79. The number of rotatable bonds is 17. The third kappa shape index (κ3) is 9.93. The van der Waals surface area contributed by atoms with Crippen LogP contribution in [0.3, 0.4) is 0 Å². The second kappa shape index (κ2) is 17.9. The number of carbonyl (C=O) groups excluding carboxylic acids is 2. The highest BCUT2D eigenvalue weighted by Crippen LogP contribution is 2.28. The lowest BCUT2D eigenvalue weighted by atomic mass is 10.1. The van der Waals surface area contributed by atoms with Crippen LogP contribution in [0.1, 0.15) is 20.7 Å². The van der Waals surface area contributed by atoms with Crippen LogP contribution in [0, 0.1) is 0 Å². The maximum Gasteiger partial charge on any atom is 0.257 e. The fourth-order valence-electron chi connectivity index (χ4n) is 4.53. The molecule has 0 unspecified atom stereocenters. The summed E-state index contributed by atoms with van der Waals surface area (Å²) in [5.41, 5.74) is 2.17. The number of amides is 2. The summed E-state index contributed by atoms with van der Waals surface area (Å²) in [4.78, 5) is 30.4. The van der Waals surface area contributed by atoms with Crippen molar-refractivity contribution in [1.82, 2.24) is 13.6 Å². The van der Waals surface area contributed by atoms with Crippen LogP contribution >= 0.6 is 57.7 Å². The van der Waals surface area contributed by atoms with Gasteiger partial charge in [-0.15, -0.1) is 57.7 Å². The molecule has 2 N–H and O–H groups in total. The van der Waals surface area contributed by atoms with Gasteiger partial charge in [0, 0.05) is 77.5 Å². The molecule has 0 atom stereocenters. The first kappa shape index (κ1) is 39.0. The number of hydrogen-bond acceptors (Lipinski definition) is 8. The van der Waals surface area contributed by atoms with E-state index in [1.165, 1.54) is 68.5 Å². The van der Waals surface area contributed by atoms with Crippen molar-refractivity contribution in [2.45, 2.75) is 9.79 Å². The Morgan fingerprint density at radius 1 is 0.653 bits per heavy atom. The molecular formula is C31H31Cl4N5O6S3. The predicted molar refractivity (Wildman–Crippen MR) is 197 cm³/mol. The summed E-state index contributed by atoms with van der Waals surface area (Å²) in [5.74, 6) is -0.474. The molecule has 2 amide bonds. The first-order valence-electron chi connectivity index (χ1n) is 14.6. The summed E-state index contributed by atoms with van der Waals surface area (Å²) in [6, 6.07) is 18.0. The topological polar surface area (TPSA) is 146 Å². The second-order valence-corrected chi connectivity index (χ2v) is 16.4. The molecule has 0 radical (unpaired) electrons. The zero-order chi connectivity index (χ0) is 35.6. The van der Waals surface area contributed by atoms with Gasteiger partial charge in [0.1, 0.15) is 0 Å². The van der Waals surface area contributed by atoms with Crippen LogP contribution < -0.4 is 10.6 Å². The number of hydrogen-bond donors (Lipinski definition) is 2. The van der Waals surface area contributed by atoms with Gasteiger partial charge in [-0.05, 0) is 60.7 Å². The molecule has 0 saturated heterocycles. The molecule has 0 aliphatic carbocycles. The molecule has 11 nitrogen and oxygen atoms in total. The van der Waals surface area contributed by atoms with Crippen LogP contribution in [-0.2, 0) is 20.0 Å². The SMILES string of the molecule is O=C(Nc1cccc(-c2csc(NC(=O)c3ccc(S(=O)(=O)N(CCCl)CCCl)cc3)n2)c1)c1ccc(S(=O)(=O)N(CCCl)CCCl)cc1. The Morgan fingerprint density at radius 3 is 1.55 bits per heavy atom. The van der Waals surface area contributed by atoms with Crippen molar-refractivity contribution >= 4 is 100 Å². The number of sulfonamides is 2. The van der Waals surface area contributed by atoms with Crippen LogP contribution in [0.2, 0.25) is 0 Å². The third-order valence-corrected chi connectivity index (χ3v) is 12.2. The lowest BCUT2D eigenvalue weighted by Gasteiger charge is -2.20. The van der Waals surface area contributed by atoms with Gasteiger partial charge >= 0.3 is 0 Å². The highest BCUT2D eigenvalue weighted by Gasteiger charge is 2.25. The molecule has 4 rings (SSSR count). The minimum absolute atomic E-state index is 0.0142.